The highest BCUT2D eigenvalue weighted by Crippen LogP contribution is 2.13. The van der Waals surface area contributed by atoms with Crippen LogP contribution in [0.5, 0.6) is 0 Å². The molecule has 0 aromatic carbocycles. The number of hydrogen-bond donors (Lipinski definition) is 0. The molecule has 6 nitrogen and oxygen atoms in total. The average Bonchev–Trinajstić information content (AvgIpc) is 3.33. The molecule has 0 aliphatic heterocycles. The van der Waals surface area contributed by atoms with Crippen molar-refractivity contribution in [3.8, 4) is 0 Å². The fourth-order valence-corrected chi connectivity index (χ4v) is 7.13. The molecule has 1 atom stereocenters. The Labute approximate surface area is 412 Å². The Bertz CT molecular complexity index is 1390. The predicted molar refractivity (Wildman–Crippen MR) is 288 cm³/mol. The van der Waals surface area contributed by atoms with E-state index in [1.54, 1.807) is 0 Å². The summed E-state index contributed by atoms with van der Waals surface area (Å²) >= 11 is 0. The van der Waals surface area contributed by atoms with Gasteiger partial charge < -0.3 is 14.2 Å². The predicted octanol–water partition coefficient (Wildman–Crippen LogP) is 18.3. The molecule has 0 unspecified atom stereocenters. The maximum atomic E-state index is 12.8. The SMILES string of the molecule is CC/C=C\C/C=C\C/C=C\C/C=C\C/C=C\CCCC(=O)OC[C@H](COC(=O)CCCCCC/C=C\C/C=C\C/C=C\CCCCC)OC(=O)CCCCCCC/C=C\CCCCCCCC. The average molecular weight is 929 g/mol. The maximum absolute atomic E-state index is 12.8. The number of unbranched alkanes of at least 4 members (excludes halogenated alkanes) is 19. The van der Waals surface area contributed by atoms with E-state index in [-0.39, 0.29) is 37.5 Å². The summed E-state index contributed by atoms with van der Waals surface area (Å²) in [5.41, 5.74) is 0. The van der Waals surface area contributed by atoms with Crippen molar-refractivity contribution >= 4 is 17.9 Å². The third-order valence-electron chi connectivity index (χ3n) is 11.2. The minimum atomic E-state index is -0.817. The lowest BCUT2D eigenvalue weighted by Gasteiger charge is -2.18. The number of carbonyl (C=O) groups excluding carboxylic acids is 3. The molecule has 0 saturated heterocycles. The van der Waals surface area contributed by atoms with Crippen molar-refractivity contribution in [3.63, 3.8) is 0 Å². The molecule has 0 spiro atoms. The molecule has 6 heteroatoms. The second-order valence-corrected chi connectivity index (χ2v) is 17.7. The largest absolute Gasteiger partial charge is 0.462 e. The van der Waals surface area contributed by atoms with E-state index in [1.807, 2.05) is 0 Å². The molecule has 0 saturated carbocycles. The van der Waals surface area contributed by atoms with Crippen LogP contribution in [0.4, 0.5) is 0 Å². The standard InChI is InChI=1S/C61H100O6/c1-4-7-10-13-16-19-22-25-28-30-33-35-38-41-44-47-50-53-59(62)65-56-58(67-61(64)55-52-49-46-43-40-37-32-27-24-21-18-15-12-9-6-3)57-66-60(63)54-51-48-45-42-39-36-34-31-29-26-23-20-17-14-11-8-5-2/h7,10,16-17,19-20,25-29,32-36,41,44,58H,4-6,8-9,11-15,18,21-24,30-31,37-40,42-43,45-57H2,1-3H3/b10-7-,19-16-,20-17-,28-25-,29-26-,32-27-,35-33-,36-34-,44-41-/t58-/m1/s1. The van der Waals surface area contributed by atoms with Gasteiger partial charge in [-0.25, -0.2) is 0 Å². The van der Waals surface area contributed by atoms with Gasteiger partial charge in [-0.15, -0.1) is 0 Å². The molecule has 0 bridgehead atoms. The second-order valence-electron chi connectivity index (χ2n) is 17.7. The van der Waals surface area contributed by atoms with Crippen molar-refractivity contribution in [1.29, 1.82) is 0 Å². The van der Waals surface area contributed by atoms with Crippen LogP contribution in [0.3, 0.4) is 0 Å². The molecule has 0 N–H and O–H groups in total. The monoisotopic (exact) mass is 929 g/mol. The lowest BCUT2D eigenvalue weighted by molar-refractivity contribution is -0.167. The minimum absolute atomic E-state index is 0.112. The summed E-state index contributed by atoms with van der Waals surface area (Å²) in [6.07, 6.45) is 73.6. The Kier molecular flexibility index (Phi) is 51.5. The summed E-state index contributed by atoms with van der Waals surface area (Å²) in [4.78, 5) is 38.1. The first-order valence-corrected chi connectivity index (χ1v) is 27.4. The first-order chi connectivity index (χ1) is 33.0. The van der Waals surface area contributed by atoms with Crippen LogP contribution in [0.1, 0.15) is 239 Å². The molecular weight excluding hydrogens is 829 g/mol. The van der Waals surface area contributed by atoms with Gasteiger partial charge >= 0.3 is 17.9 Å². The first kappa shape index (κ1) is 63.1. The van der Waals surface area contributed by atoms with Crippen molar-refractivity contribution in [2.75, 3.05) is 13.2 Å². The summed E-state index contributed by atoms with van der Waals surface area (Å²) in [5, 5.41) is 0. The van der Waals surface area contributed by atoms with Gasteiger partial charge in [0.1, 0.15) is 13.2 Å². The zero-order valence-corrected chi connectivity index (χ0v) is 43.4. The van der Waals surface area contributed by atoms with E-state index in [2.05, 4.69) is 130 Å². The van der Waals surface area contributed by atoms with Crippen LogP contribution < -0.4 is 0 Å². The van der Waals surface area contributed by atoms with Gasteiger partial charge in [-0.05, 0) is 122 Å². The number of rotatable bonds is 48. The van der Waals surface area contributed by atoms with Crippen molar-refractivity contribution < 1.29 is 28.6 Å². The molecule has 0 amide bonds. The summed E-state index contributed by atoms with van der Waals surface area (Å²) in [6.45, 7) is 6.41. The Morgan fingerprint density at radius 2 is 0.597 bits per heavy atom. The number of allylic oxidation sites excluding steroid dienone is 18. The Morgan fingerprint density at radius 3 is 1.01 bits per heavy atom. The van der Waals surface area contributed by atoms with E-state index in [9.17, 15) is 14.4 Å². The van der Waals surface area contributed by atoms with E-state index in [1.165, 1.54) is 77.0 Å². The van der Waals surface area contributed by atoms with Gasteiger partial charge in [0.2, 0.25) is 0 Å². The smallest absolute Gasteiger partial charge is 0.306 e. The molecule has 0 aromatic rings. The lowest BCUT2D eigenvalue weighted by Crippen LogP contribution is -2.30. The van der Waals surface area contributed by atoms with E-state index in [4.69, 9.17) is 14.2 Å². The highest BCUT2D eigenvalue weighted by atomic mass is 16.6. The van der Waals surface area contributed by atoms with Crippen molar-refractivity contribution in [3.05, 3.63) is 109 Å². The molecule has 0 heterocycles. The van der Waals surface area contributed by atoms with E-state index in [0.29, 0.717) is 19.3 Å². The second kappa shape index (κ2) is 54.7. The summed E-state index contributed by atoms with van der Waals surface area (Å²) in [5.74, 6) is -1.00. The third kappa shape index (κ3) is 52.9. The molecule has 0 aromatic heterocycles. The topological polar surface area (TPSA) is 78.9 Å². The zero-order valence-electron chi connectivity index (χ0n) is 43.4. The van der Waals surface area contributed by atoms with Gasteiger partial charge in [-0.1, -0.05) is 207 Å². The molecule has 0 aliphatic rings. The maximum Gasteiger partial charge on any atom is 0.306 e. The molecular formula is C61H100O6. The number of hydrogen-bond acceptors (Lipinski definition) is 6. The molecule has 0 rings (SSSR count). The van der Waals surface area contributed by atoms with E-state index in [0.717, 1.165) is 116 Å². The van der Waals surface area contributed by atoms with Crippen LogP contribution in [0.15, 0.2) is 109 Å². The highest BCUT2D eigenvalue weighted by molar-refractivity contribution is 5.71. The fourth-order valence-electron chi connectivity index (χ4n) is 7.13. The number of carbonyl (C=O) groups is 3. The van der Waals surface area contributed by atoms with E-state index < -0.39 is 6.10 Å². The van der Waals surface area contributed by atoms with Crippen molar-refractivity contribution in [1.82, 2.24) is 0 Å². The van der Waals surface area contributed by atoms with Crippen LogP contribution in [0.25, 0.3) is 0 Å². The third-order valence-corrected chi connectivity index (χ3v) is 11.2. The van der Waals surface area contributed by atoms with Gasteiger partial charge in [0, 0.05) is 19.3 Å². The number of esters is 3. The van der Waals surface area contributed by atoms with Crippen LogP contribution in [-0.4, -0.2) is 37.2 Å². The van der Waals surface area contributed by atoms with Gasteiger partial charge in [0.25, 0.3) is 0 Å². The molecule has 0 aliphatic carbocycles. The molecule has 0 radical (unpaired) electrons. The number of ether oxygens (including phenoxy) is 3. The van der Waals surface area contributed by atoms with Gasteiger partial charge in [0.05, 0.1) is 0 Å². The highest BCUT2D eigenvalue weighted by Gasteiger charge is 2.19. The van der Waals surface area contributed by atoms with Gasteiger partial charge in [-0.2, -0.15) is 0 Å². The van der Waals surface area contributed by atoms with Crippen molar-refractivity contribution in [2.45, 2.75) is 245 Å². The Balaban J connectivity index is 4.54. The summed E-state index contributed by atoms with van der Waals surface area (Å²) < 4.78 is 16.8. The van der Waals surface area contributed by atoms with E-state index >= 15 is 0 Å². The Hall–Kier alpha value is -3.93. The van der Waals surface area contributed by atoms with Gasteiger partial charge in [-0.3, -0.25) is 14.4 Å². The molecule has 67 heavy (non-hydrogen) atoms. The van der Waals surface area contributed by atoms with Crippen LogP contribution in [0.2, 0.25) is 0 Å². The van der Waals surface area contributed by atoms with Crippen LogP contribution in [-0.2, 0) is 28.6 Å². The quantitative estimate of drug-likeness (QED) is 0.0262. The van der Waals surface area contributed by atoms with Crippen molar-refractivity contribution in [2.24, 2.45) is 0 Å². The van der Waals surface area contributed by atoms with Gasteiger partial charge in [0.15, 0.2) is 6.10 Å². The minimum Gasteiger partial charge on any atom is -0.462 e. The Morgan fingerprint density at radius 1 is 0.313 bits per heavy atom. The zero-order chi connectivity index (χ0) is 48.6. The summed E-state index contributed by atoms with van der Waals surface area (Å²) in [7, 11) is 0. The lowest BCUT2D eigenvalue weighted by atomic mass is 10.1. The fraction of sp³-hybridized carbons (Fsp3) is 0.656. The molecule has 0 fully saturated rings. The van der Waals surface area contributed by atoms with Crippen LogP contribution >= 0.6 is 0 Å². The molecule has 380 valence electrons. The normalized spacial score (nSPS) is 12.9. The van der Waals surface area contributed by atoms with Crippen LogP contribution in [0, 0.1) is 0 Å². The summed E-state index contributed by atoms with van der Waals surface area (Å²) in [6, 6.07) is 0. The first-order valence-electron chi connectivity index (χ1n) is 27.4.